The van der Waals surface area contributed by atoms with Crippen molar-refractivity contribution in [1.29, 1.82) is 0 Å². The van der Waals surface area contributed by atoms with E-state index in [2.05, 4.69) is 72.3 Å². The van der Waals surface area contributed by atoms with Crippen LogP contribution in [0.2, 0.25) is 0 Å². The van der Waals surface area contributed by atoms with Gasteiger partial charge < -0.3 is 0 Å². The number of para-hydroxylation sites is 2. The molecule has 0 amide bonds. The second kappa shape index (κ2) is 14.0. The molecule has 8 heteroatoms. The van der Waals surface area contributed by atoms with Gasteiger partial charge in [-0.05, 0) is 24.3 Å². The minimum absolute atomic E-state index is 0. The number of nitrogens with zero attached hydrogens (tertiary/aromatic N) is 2. The molecule has 36 heavy (non-hydrogen) atoms. The van der Waals surface area contributed by atoms with Crippen molar-refractivity contribution in [3.63, 3.8) is 0 Å². The van der Waals surface area contributed by atoms with Crippen LogP contribution in [0.15, 0.2) is 84.9 Å². The minimum atomic E-state index is -2.42. The molecule has 0 atom stereocenters. The van der Waals surface area contributed by atoms with Gasteiger partial charge in [0.15, 0.2) is 0 Å². The molecule has 0 fully saturated rings. The second-order valence-corrected chi connectivity index (χ2v) is 9.96. The summed E-state index contributed by atoms with van der Waals surface area (Å²) in [6.07, 6.45) is 0. The summed E-state index contributed by atoms with van der Waals surface area (Å²) in [4.78, 5) is 9.22. The maximum absolute atomic E-state index is 9.74. The number of aromatic nitrogens is 2. The third kappa shape index (κ3) is 7.46. The summed E-state index contributed by atoms with van der Waals surface area (Å²) in [5, 5.41) is 2.09. The molecule has 0 aliphatic rings. The third-order valence-corrected chi connectivity index (χ3v) is 7.10. The fraction of sp³-hybridized carbons (Fsp3) is 0.0714. The van der Waals surface area contributed by atoms with E-state index in [1.165, 1.54) is 20.5 Å². The van der Waals surface area contributed by atoms with Crippen LogP contribution in [0.4, 0.5) is 6.32 Å². The Morgan fingerprint density at radius 2 is 1.06 bits per heavy atom. The zero-order valence-electron chi connectivity index (χ0n) is 19.2. The summed E-state index contributed by atoms with van der Waals surface area (Å²) in [6, 6.07) is 35.2. The van der Waals surface area contributed by atoms with Gasteiger partial charge in [-0.25, -0.2) is 0 Å². The molecule has 0 unspecified atom stereocenters. The van der Waals surface area contributed by atoms with Crippen LogP contribution in [0.25, 0.3) is 41.6 Å². The molecule has 2 aromatic heterocycles. The number of fused-ring (bicyclic) bond motifs is 2. The van der Waals surface area contributed by atoms with Gasteiger partial charge in [-0.2, -0.15) is 22.7 Å². The zero-order chi connectivity index (χ0) is 24.6. The largest absolute Gasteiger partial charge is 0 e. The Morgan fingerprint density at radius 1 is 0.667 bits per heavy atom. The van der Waals surface area contributed by atoms with Gasteiger partial charge in [-0.15, -0.1) is 70.8 Å². The molecular weight excluding hydrogens is 857 g/mol. The summed E-state index contributed by atoms with van der Waals surface area (Å²) >= 11 is 1.02. The molecule has 0 saturated heterocycles. The number of thiazole rings is 2. The average Bonchev–Trinajstić information content (AvgIpc) is 3.50. The topological polar surface area (TPSA) is 25.8 Å². The van der Waals surface area contributed by atoms with Crippen molar-refractivity contribution in [2.45, 2.75) is 13.8 Å². The number of aryl methyl sites for hydroxylation is 2. The molecular formula is C28H20F2N2Pt2S2-2. The predicted octanol–water partition coefficient (Wildman–Crippen LogP) is 8.98. The minimum Gasteiger partial charge on any atom is 0 e. The van der Waals surface area contributed by atoms with Gasteiger partial charge in [0, 0.05) is 40.5 Å². The van der Waals surface area contributed by atoms with Crippen molar-refractivity contribution in [3.8, 4) is 21.1 Å². The van der Waals surface area contributed by atoms with E-state index in [1.807, 2.05) is 48.5 Å². The first-order chi connectivity index (χ1) is 17.1. The van der Waals surface area contributed by atoms with Gasteiger partial charge in [-0.1, -0.05) is 38.1 Å². The molecule has 4 aromatic carbocycles. The Hall–Kier alpha value is -2.10. The molecule has 0 aliphatic heterocycles. The number of rotatable bonds is 2. The molecule has 6 aromatic rings. The third-order valence-electron chi connectivity index (χ3n) is 4.96. The fourth-order valence-corrected chi connectivity index (χ4v) is 5.27. The normalized spacial score (nSPS) is 10.2. The fourth-order valence-electron chi connectivity index (χ4n) is 3.38. The quantitative estimate of drug-likeness (QED) is 0.163. The Balaban J connectivity index is 0.000000177. The Morgan fingerprint density at radius 3 is 1.42 bits per heavy atom. The van der Waals surface area contributed by atoms with Crippen LogP contribution in [0.1, 0.15) is 11.1 Å². The van der Waals surface area contributed by atoms with Crippen LogP contribution in [0.3, 0.4) is 0 Å². The maximum atomic E-state index is 9.74. The van der Waals surface area contributed by atoms with Gasteiger partial charge in [0.1, 0.15) is 0 Å². The Bertz CT molecular complexity index is 1370. The number of benzene rings is 4. The number of hydrogen-bond acceptors (Lipinski definition) is 4. The van der Waals surface area contributed by atoms with Crippen molar-refractivity contribution >= 4 is 43.1 Å². The van der Waals surface area contributed by atoms with Crippen molar-refractivity contribution in [3.05, 3.63) is 108 Å². The summed E-state index contributed by atoms with van der Waals surface area (Å²) in [5.41, 5.74) is 6.79. The van der Waals surface area contributed by atoms with Gasteiger partial charge >= 0.3 is 25.9 Å². The first-order valence-electron chi connectivity index (χ1n) is 10.6. The average molecular weight is 877 g/mol. The summed E-state index contributed by atoms with van der Waals surface area (Å²) in [7, 11) is 0. The van der Waals surface area contributed by atoms with E-state index < -0.39 is 19.6 Å². The van der Waals surface area contributed by atoms with Crippen molar-refractivity contribution < 1.29 is 47.0 Å². The van der Waals surface area contributed by atoms with Gasteiger partial charge in [-0.3, -0.25) is 9.97 Å². The molecule has 0 N–H and O–H groups in total. The first-order valence-corrected chi connectivity index (χ1v) is 13.9. The number of halogens is 2. The summed E-state index contributed by atoms with van der Waals surface area (Å²) < 4.78 is 21.9. The number of hydrogen-bond donors (Lipinski definition) is 0. The van der Waals surface area contributed by atoms with E-state index in [0.717, 1.165) is 32.2 Å². The van der Waals surface area contributed by atoms with Crippen LogP contribution in [0, 0.1) is 26.0 Å². The van der Waals surface area contributed by atoms with E-state index in [-0.39, 0.29) is 21.1 Å². The summed E-state index contributed by atoms with van der Waals surface area (Å²) in [6.45, 7) is 4.18. The van der Waals surface area contributed by atoms with Crippen molar-refractivity contribution in [2.75, 3.05) is 0 Å². The molecule has 2 heterocycles. The van der Waals surface area contributed by atoms with Crippen LogP contribution in [0.5, 0.6) is 0 Å². The van der Waals surface area contributed by atoms with Gasteiger partial charge in [0.05, 0.1) is 11.0 Å². The molecule has 0 aliphatic carbocycles. The smallest absolute Gasteiger partial charge is 0 e. The molecule has 0 radical (unpaired) electrons. The first kappa shape index (κ1) is 28.5. The van der Waals surface area contributed by atoms with Gasteiger partial charge in [0.25, 0.3) is 0 Å². The Labute approximate surface area is 241 Å². The van der Waals surface area contributed by atoms with E-state index in [4.69, 9.17) is 0 Å². The van der Waals surface area contributed by atoms with Crippen molar-refractivity contribution in [1.82, 2.24) is 9.97 Å². The standard InChI is InChI=1S/2C14H10NS.2FH.2Pt/c2*1-10-5-4-6-11(9-10)14-15-12-7-2-3-8-13(12)16-14;;;;/h2*2-5,7-9H,1H3;2*1H;;/q2*-1;;;;+2/p-2. The van der Waals surface area contributed by atoms with Crippen LogP contribution in [-0.4, -0.2) is 9.97 Å². The van der Waals surface area contributed by atoms with Crippen LogP contribution >= 0.6 is 22.7 Å². The SMILES string of the molecule is Cc1cc[c-]c(-c2nc3ccccc3s2)c1.Cc1cc[c-]c(-c2nc3ccccc3s2)c1.[F][Pt][F].[Pt]. The van der Waals surface area contributed by atoms with Crippen molar-refractivity contribution in [2.24, 2.45) is 0 Å². The summed E-state index contributed by atoms with van der Waals surface area (Å²) in [5.74, 6) is 0. The van der Waals surface area contributed by atoms with Crippen LogP contribution < -0.4 is 0 Å². The van der Waals surface area contributed by atoms with E-state index in [0.29, 0.717) is 0 Å². The molecule has 6 rings (SSSR count). The monoisotopic (exact) mass is 876 g/mol. The predicted molar refractivity (Wildman–Crippen MR) is 139 cm³/mol. The van der Waals surface area contributed by atoms with E-state index in [1.54, 1.807) is 22.7 Å². The molecule has 190 valence electrons. The van der Waals surface area contributed by atoms with E-state index in [9.17, 15) is 6.32 Å². The second-order valence-electron chi connectivity index (χ2n) is 7.58. The zero-order valence-corrected chi connectivity index (χ0v) is 25.4. The maximum Gasteiger partial charge on any atom is 0 e. The van der Waals surface area contributed by atoms with Gasteiger partial charge in [0.2, 0.25) is 0 Å². The Kier molecular flexibility index (Phi) is 11.1. The molecule has 2 nitrogen and oxygen atoms in total. The molecule has 0 spiro atoms. The molecule has 0 saturated carbocycles. The van der Waals surface area contributed by atoms with Crippen LogP contribution in [-0.2, 0) is 40.7 Å². The van der Waals surface area contributed by atoms with E-state index >= 15 is 0 Å². The molecule has 0 bridgehead atoms.